The van der Waals surface area contributed by atoms with Crippen molar-refractivity contribution in [3.8, 4) is 17.6 Å². The zero-order valence-corrected chi connectivity index (χ0v) is 19.2. The molecule has 0 heterocycles. The fourth-order valence-corrected chi connectivity index (χ4v) is 4.38. The average Bonchev–Trinajstić information content (AvgIpc) is 2.71. The van der Waals surface area contributed by atoms with Crippen LogP contribution in [0.5, 0.6) is 11.5 Å². The molecule has 168 valence electrons. The molecule has 32 heavy (non-hydrogen) atoms. The van der Waals surface area contributed by atoms with E-state index in [1.807, 2.05) is 0 Å². The van der Waals surface area contributed by atoms with Gasteiger partial charge >= 0.3 is 5.97 Å². The monoisotopic (exact) mass is 476 g/mol. The minimum absolute atomic E-state index is 0.0705. The molecule has 0 fully saturated rings. The maximum absolute atomic E-state index is 12.6. The van der Waals surface area contributed by atoms with Crippen LogP contribution in [-0.4, -0.2) is 16.0 Å². The zero-order valence-electron chi connectivity index (χ0n) is 17.7. The van der Waals surface area contributed by atoms with Crippen LogP contribution in [0.15, 0.2) is 59.1 Å². The molecule has 0 aliphatic carbocycles. The van der Waals surface area contributed by atoms with Crippen LogP contribution in [0.1, 0.15) is 32.3 Å². The molecule has 3 unspecified atom stereocenters. The van der Waals surface area contributed by atoms with E-state index in [0.717, 1.165) is 0 Å². The van der Waals surface area contributed by atoms with Crippen molar-refractivity contribution < 1.29 is 19.6 Å². The van der Waals surface area contributed by atoms with Crippen LogP contribution in [0.2, 0.25) is 0 Å². The molecule has 0 aliphatic rings. The molecule has 0 saturated carbocycles. The maximum atomic E-state index is 12.6. The van der Waals surface area contributed by atoms with Gasteiger partial charge < -0.3 is 9.84 Å². The normalized spacial score (nSPS) is 14.5. The Morgan fingerprint density at radius 3 is 2.28 bits per heavy atom. The van der Waals surface area contributed by atoms with Gasteiger partial charge in [-0.3, -0.25) is 14.9 Å². The van der Waals surface area contributed by atoms with E-state index < -0.39 is 34.1 Å². The standard InChI is InChI=1S/C23H22Cl2N2O5/c1-14(2)23(22(28)29,15(3)11-21(24)25)20(13-26)16-5-4-6-19(12-16)32-18-9-7-17(8-10-18)27(30)31/h4-12,14-15,20H,1-3H3,(H,28,29). The second-order valence-electron chi connectivity index (χ2n) is 7.63. The highest BCUT2D eigenvalue weighted by Gasteiger charge is 2.53. The summed E-state index contributed by atoms with van der Waals surface area (Å²) >= 11 is 11.6. The molecule has 0 radical (unpaired) electrons. The average molecular weight is 477 g/mol. The number of halogens is 2. The summed E-state index contributed by atoms with van der Waals surface area (Å²) in [7, 11) is 0. The number of carboxylic acid groups (broad SMARTS) is 1. The Hall–Kier alpha value is -3.08. The summed E-state index contributed by atoms with van der Waals surface area (Å²) in [6.07, 6.45) is 1.43. The molecule has 0 aliphatic heterocycles. The molecule has 0 saturated heterocycles. The SMILES string of the molecule is CC(C)C(C(=O)O)(C(C)C=C(Cl)Cl)C(C#N)c1cccc(Oc2ccc([N+](=O)[O-])cc2)c1. The van der Waals surface area contributed by atoms with Gasteiger partial charge in [0.1, 0.15) is 16.0 Å². The summed E-state index contributed by atoms with van der Waals surface area (Å²) in [6.45, 7) is 5.14. The largest absolute Gasteiger partial charge is 0.481 e. The maximum Gasteiger partial charge on any atom is 0.312 e. The fourth-order valence-electron chi connectivity index (χ4n) is 4.00. The number of ether oxygens (including phenoxy) is 1. The number of rotatable bonds is 9. The highest BCUT2D eigenvalue weighted by atomic mass is 35.5. The lowest BCUT2D eigenvalue weighted by Crippen LogP contribution is -2.46. The van der Waals surface area contributed by atoms with Gasteiger partial charge in [-0.1, -0.05) is 62.2 Å². The quantitative estimate of drug-likeness (QED) is 0.319. The van der Waals surface area contributed by atoms with Crippen molar-refractivity contribution in [3.05, 3.63) is 74.8 Å². The van der Waals surface area contributed by atoms with Gasteiger partial charge in [-0.05, 0) is 41.7 Å². The Morgan fingerprint density at radius 1 is 1.19 bits per heavy atom. The van der Waals surface area contributed by atoms with Crippen LogP contribution in [0.4, 0.5) is 5.69 Å². The number of benzene rings is 2. The summed E-state index contributed by atoms with van der Waals surface area (Å²) < 4.78 is 5.70. The number of aliphatic carboxylic acids is 1. The first-order valence-corrected chi connectivity index (χ1v) is 10.5. The molecule has 1 N–H and O–H groups in total. The number of nitrogens with zero attached hydrogens (tertiary/aromatic N) is 2. The third-order valence-electron chi connectivity index (χ3n) is 5.54. The van der Waals surface area contributed by atoms with Crippen LogP contribution in [0.3, 0.4) is 0 Å². The Balaban J connectivity index is 2.51. The van der Waals surface area contributed by atoms with E-state index in [-0.39, 0.29) is 10.2 Å². The molecule has 2 rings (SSSR count). The molecule has 3 atom stereocenters. The predicted molar refractivity (Wildman–Crippen MR) is 122 cm³/mol. The predicted octanol–water partition coefficient (Wildman–Crippen LogP) is 6.68. The van der Waals surface area contributed by atoms with Gasteiger partial charge in [-0.15, -0.1) is 0 Å². The van der Waals surface area contributed by atoms with Crippen molar-refractivity contribution in [2.75, 3.05) is 0 Å². The molecule has 2 aromatic rings. The van der Waals surface area contributed by atoms with Crippen molar-refractivity contribution in [2.24, 2.45) is 17.3 Å². The van der Waals surface area contributed by atoms with E-state index in [0.29, 0.717) is 17.1 Å². The van der Waals surface area contributed by atoms with Crippen molar-refractivity contribution in [3.63, 3.8) is 0 Å². The van der Waals surface area contributed by atoms with Crippen LogP contribution in [-0.2, 0) is 4.79 Å². The van der Waals surface area contributed by atoms with Gasteiger partial charge in [-0.25, -0.2) is 0 Å². The number of carbonyl (C=O) groups is 1. The van der Waals surface area contributed by atoms with E-state index in [1.54, 1.807) is 45.0 Å². The van der Waals surface area contributed by atoms with Crippen molar-refractivity contribution in [1.29, 1.82) is 5.26 Å². The number of carboxylic acids is 1. The number of non-ortho nitro benzene ring substituents is 1. The Kier molecular flexibility index (Phi) is 8.25. The van der Waals surface area contributed by atoms with E-state index in [2.05, 4.69) is 6.07 Å². The lowest BCUT2D eigenvalue weighted by atomic mass is 9.59. The number of hydrogen-bond acceptors (Lipinski definition) is 5. The van der Waals surface area contributed by atoms with Gasteiger partial charge in [0.15, 0.2) is 0 Å². The first kappa shape index (κ1) is 25.2. The van der Waals surface area contributed by atoms with Crippen LogP contribution < -0.4 is 4.74 Å². The molecule has 0 amide bonds. The molecular weight excluding hydrogens is 455 g/mol. The molecule has 0 spiro atoms. The van der Waals surface area contributed by atoms with E-state index >= 15 is 0 Å². The minimum atomic E-state index is -1.52. The van der Waals surface area contributed by atoms with Crippen molar-refractivity contribution in [1.82, 2.24) is 0 Å². The Bertz CT molecular complexity index is 1060. The fraction of sp³-hybridized carbons (Fsp3) is 0.304. The van der Waals surface area contributed by atoms with Gasteiger partial charge in [-0.2, -0.15) is 5.26 Å². The van der Waals surface area contributed by atoms with Crippen molar-refractivity contribution in [2.45, 2.75) is 26.7 Å². The highest BCUT2D eigenvalue weighted by molar-refractivity contribution is 6.55. The van der Waals surface area contributed by atoms with Crippen LogP contribution in [0.25, 0.3) is 0 Å². The second kappa shape index (κ2) is 10.5. The summed E-state index contributed by atoms with van der Waals surface area (Å²) in [5.41, 5.74) is -1.14. The van der Waals surface area contributed by atoms with Gasteiger partial charge in [0, 0.05) is 12.1 Å². The van der Waals surface area contributed by atoms with Crippen molar-refractivity contribution >= 4 is 34.9 Å². The molecular formula is C23H22Cl2N2O5. The van der Waals surface area contributed by atoms with Gasteiger partial charge in [0.05, 0.1) is 22.3 Å². The molecule has 0 bridgehead atoms. The summed E-state index contributed by atoms with van der Waals surface area (Å²) in [5.74, 6) is -2.56. The van der Waals surface area contributed by atoms with E-state index in [9.17, 15) is 25.3 Å². The van der Waals surface area contributed by atoms with Crippen LogP contribution in [0, 0.1) is 38.7 Å². The smallest absolute Gasteiger partial charge is 0.312 e. The number of nitro groups is 1. The molecule has 9 heteroatoms. The van der Waals surface area contributed by atoms with E-state index in [1.165, 1.54) is 30.3 Å². The van der Waals surface area contributed by atoms with E-state index in [4.69, 9.17) is 27.9 Å². The molecule has 2 aromatic carbocycles. The summed E-state index contributed by atoms with van der Waals surface area (Å²) in [5, 5.41) is 31.1. The summed E-state index contributed by atoms with van der Waals surface area (Å²) in [6, 6.07) is 14.3. The zero-order chi connectivity index (χ0) is 24.1. The lowest BCUT2D eigenvalue weighted by Gasteiger charge is -2.41. The number of nitriles is 1. The summed E-state index contributed by atoms with van der Waals surface area (Å²) in [4.78, 5) is 22.9. The van der Waals surface area contributed by atoms with Crippen LogP contribution >= 0.6 is 23.2 Å². The number of allylic oxidation sites excluding steroid dienone is 1. The third kappa shape index (κ3) is 5.21. The Morgan fingerprint density at radius 2 is 1.81 bits per heavy atom. The highest BCUT2D eigenvalue weighted by Crippen LogP contribution is 2.50. The van der Waals surface area contributed by atoms with Gasteiger partial charge in [0.25, 0.3) is 5.69 Å². The first-order valence-electron chi connectivity index (χ1n) is 9.72. The first-order chi connectivity index (χ1) is 15.0. The second-order valence-corrected chi connectivity index (χ2v) is 8.63. The minimum Gasteiger partial charge on any atom is -0.481 e. The molecule has 7 nitrogen and oxygen atoms in total. The molecule has 0 aromatic heterocycles. The Labute approximate surface area is 196 Å². The van der Waals surface area contributed by atoms with Gasteiger partial charge in [0.2, 0.25) is 0 Å². The lowest BCUT2D eigenvalue weighted by molar-refractivity contribution is -0.384. The number of hydrogen-bond donors (Lipinski definition) is 1. The topological polar surface area (TPSA) is 113 Å². The third-order valence-corrected chi connectivity index (χ3v) is 5.79. The number of nitro benzene ring substituents is 1.